The van der Waals surface area contributed by atoms with Gasteiger partial charge in [-0.1, -0.05) is 12.1 Å². The summed E-state index contributed by atoms with van der Waals surface area (Å²) >= 11 is 0. The molecule has 8 nitrogen and oxygen atoms in total. The highest BCUT2D eigenvalue weighted by Gasteiger charge is 2.29. The number of carbonyl (C=O) groups excluding carboxylic acids is 2. The SMILES string of the molecule is COC(=O)c1cc(OCc2nc3ccccc3n2C(C)C)cc2c1CN(C(=O)OC(C)(C)C)CC2. The van der Waals surface area contributed by atoms with Crippen LogP contribution < -0.4 is 4.74 Å². The average molecular weight is 480 g/mol. The monoisotopic (exact) mass is 479 g/mol. The zero-order valence-corrected chi connectivity index (χ0v) is 21.3. The van der Waals surface area contributed by atoms with Gasteiger partial charge in [0.1, 0.15) is 23.8 Å². The highest BCUT2D eigenvalue weighted by atomic mass is 16.6. The summed E-state index contributed by atoms with van der Waals surface area (Å²) in [6, 6.07) is 11.9. The first-order valence-corrected chi connectivity index (χ1v) is 11.9. The number of ether oxygens (including phenoxy) is 3. The third-order valence-corrected chi connectivity index (χ3v) is 5.93. The van der Waals surface area contributed by atoms with Gasteiger partial charge in [-0.3, -0.25) is 0 Å². The van der Waals surface area contributed by atoms with Gasteiger partial charge < -0.3 is 23.7 Å². The Labute approximate surface area is 205 Å². The number of amides is 1. The molecule has 0 spiro atoms. The second kappa shape index (κ2) is 9.60. The van der Waals surface area contributed by atoms with E-state index >= 15 is 0 Å². The van der Waals surface area contributed by atoms with Crippen LogP contribution >= 0.6 is 0 Å². The van der Waals surface area contributed by atoms with Crippen LogP contribution in [0.2, 0.25) is 0 Å². The number of hydrogen-bond donors (Lipinski definition) is 0. The van der Waals surface area contributed by atoms with Crippen LogP contribution in [0.4, 0.5) is 4.79 Å². The number of nitrogens with zero attached hydrogens (tertiary/aromatic N) is 3. The van der Waals surface area contributed by atoms with E-state index in [1.165, 1.54) is 7.11 Å². The van der Waals surface area contributed by atoms with Gasteiger partial charge in [0, 0.05) is 12.6 Å². The smallest absolute Gasteiger partial charge is 0.410 e. The summed E-state index contributed by atoms with van der Waals surface area (Å²) in [5.41, 5.74) is 3.50. The molecule has 2 aromatic carbocycles. The molecule has 1 amide bonds. The standard InChI is InChI=1S/C27H33N3O5/c1-17(2)30-23-10-8-7-9-22(23)28-24(30)16-34-19-13-18-11-12-29(26(32)35-27(3,4)5)15-21(18)20(14-19)25(31)33-6/h7-10,13-14,17H,11-12,15-16H2,1-6H3. The van der Waals surface area contributed by atoms with Gasteiger partial charge in [0.05, 0.1) is 30.3 Å². The summed E-state index contributed by atoms with van der Waals surface area (Å²) in [6.07, 6.45) is 0.187. The number of para-hydroxylation sites is 2. The molecule has 8 heteroatoms. The number of rotatable bonds is 5. The lowest BCUT2D eigenvalue weighted by molar-refractivity contribution is 0.0220. The van der Waals surface area contributed by atoms with Gasteiger partial charge in [-0.25, -0.2) is 14.6 Å². The predicted octanol–water partition coefficient (Wildman–Crippen LogP) is 5.28. The molecule has 2 heterocycles. The minimum absolute atomic E-state index is 0.217. The third-order valence-electron chi connectivity index (χ3n) is 5.93. The average Bonchev–Trinajstić information content (AvgIpc) is 3.19. The second-order valence-corrected chi connectivity index (χ2v) is 10.0. The number of imidazole rings is 1. The molecular weight excluding hydrogens is 446 g/mol. The summed E-state index contributed by atoms with van der Waals surface area (Å²) in [5.74, 6) is 0.916. The molecule has 0 atom stereocenters. The van der Waals surface area contributed by atoms with E-state index in [-0.39, 0.29) is 19.2 Å². The van der Waals surface area contributed by atoms with Crippen LogP contribution in [-0.2, 0) is 29.0 Å². The van der Waals surface area contributed by atoms with Crippen molar-refractivity contribution in [2.75, 3.05) is 13.7 Å². The Balaban J connectivity index is 1.61. The second-order valence-electron chi connectivity index (χ2n) is 10.0. The fourth-order valence-electron chi connectivity index (χ4n) is 4.42. The van der Waals surface area contributed by atoms with E-state index in [9.17, 15) is 9.59 Å². The van der Waals surface area contributed by atoms with E-state index in [1.807, 2.05) is 45.0 Å². The van der Waals surface area contributed by atoms with E-state index in [0.29, 0.717) is 24.3 Å². The van der Waals surface area contributed by atoms with E-state index in [1.54, 1.807) is 11.0 Å². The van der Waals surface area contributed by atoms with E-state index < -0.39 is 17.7 Å². The highest BCUT2D eigenvalue weighted by molar-refractivity contribution is 5.92. The van der Waals surface area contributed by atoms with Crippen molar-refractivity contribution in [3.05, 3.63) is 58.9 Å². The molecule has 0 aliphatic carbocycles. The molecule has 1 aromatic heterocycles. The molecule has 3 aromatic rings. The van der Waals surface area contributed by atoms with Gasteiger partial charge >= 0.3 is 12.1 Å². The molecule has 0 bridgehead atoms. The molecule has 0 unspecified atom stereocenters. The fraction of sp³-hybridized carbons (Fsp3) is 0.444. The van der Waals surface area contributed by atoms with E-state index in [0.717, 1.165) is 28.0 Å². The van der Waals surface area contributed by atoms with Crippen molar-refractivity contribution in [1.29, 1.82) is 0 Å². The van der Waals surface area contributed by atoms with Crippen LogP contribution in [0.1, 0.15) is 68.0 Å². The van der Waals surface area contributed by atoms with Gasteiger partial charge in [0.2, 0.25) is 0 Å². The molecule has 0 saturated carbocycles. The Kier molecular flexibility index (Phi) is 6.74. The van der Waals surface area contributed by atoms with Crippen LogP contribution in [0.3, 0.4) is 0 Å². The fourth-order valence-corrected chi connectivity index (χ4v) is 4.42. The van der Waals surface area contributed by atoms with Crippen LogP contribution in [0.5, 0.6) is 5.75 Å². The summed E-state index contributed by atoms with van der Waals surface area (Å²) in [7, 11) is 1.35. The zero-order valence-electron chi connectivity index (χ0n) is 21.3. The lowest BCUT2D eigenvalue weighted by atomic mass is 9.94. The molecule has 0 radical (unpaired) electrons. The van der Waals surface area contributed by atoms with Crippen LogP contribution in [0.25, 0.3) is 11.0 Å². The van der Waals surface area contributed by atoms with Gasteiger partial charge in [-0.05, 0) is 76.4 Å². The predicted molar refractivity (Wildman–Crippen MR) is 133 cm³/mol. The van der Waals surface area contributed by atoms with E-state index in [2.05, 4.69) is 24.5 Å². The number of esters is 1. The van der Waals surface area contributed by atoms with Crippen molar-refractivity contribution in [2.24, 2.45) is 0 Å². The summed E-state index contributed by atoms with van der Waals surface area (Å²) in [5, 5.41) is 0. The number of hydrogen-bond acceptors (Lipinski definition) is 6. The van der Waals surface area contributed by atoms with Crippen molar-refractivity contribution < 1.29 is 23.8 Å². The third kappa shape index (κ3) is 5.26. The number of benzene rings is 2. The van der Waals surface area contributed by atoms with Crippen LogP contribution in [0, 0.1) is 0 Å². The number of methoxy groups -OCH3 is 1. The molecule has 0 saturated heterocycles. The Hall–Kier alpha value is -3.55. The van der Waals surface area contributed by atoms with Crippen molar-refractivity contribution in [1.82, 2.24) is 14.5 Å². The molecule has 0 N–H and O–H groups in total. The van der Waals surface area contributed by atoms with Gasteiger partial charge in [0.15, 0.2) is 0 Å². The lowest BCUT2D eigenvalue weighted by Gasteiger charge is -2.32. The first-order valence-electron chi connectivity index (χ1n) is 11.9. The first kappa shape index (κ1) is 24.6. The van der Waals surface area contributed by atoms with Crippen LogP contribution in [-0.4, -0.2) is 45.8 Å². The van der Waals surface area contributed by atoms with Crippen molar-refractivity contribution in [3.8, 4) is 5.75 Å². The highest BCUT2D eigenvalue weighted by Crippen LogP contribution is 2.30. The normalized spacial score (nSPS) is 13.6. The summed E-state index contributed by atoms with van der Waals surface area (Å²) in [4.78, 5) is 31.6. The Morgan fingerprint density at radius 3 is 2.57 bits per heavy atom. The summed E-state index contributed by atoms with van der Waals surface area (Å²) < 4.78 is 18.9. The van der Waals surface area contributed by atoms with Crippen molar-refractivity contribution >= 4 is 23.1 Å². The van der Waals surface area contributed by atoms with Crippen molar-refractivity contribution in [3.63, 3.8) is 0 Å². The number of fused-ring (bicyclic) bond motifs is 2. The van der Waals surface area contributed by atoms with Crippen molar-refractivity contribution in [2.45, 2.75) is 65.8 Å². The number of aromatic nitrogens is 2. The van der Waals surface area contributed by atoms with Gasteiger partial charge in [-0.2, -0.15) is 0 Å². The quantitative estimate of drug-likeness (QED) is 0.463. The molecule has 1 aliphatic rings. The molecule has 1 aliphatic heterocycles. The molecule has 4 rings (SSSR count). The Morgan fingerprint density at radius 2 is 1.89 bits per heavy atom. The molecular formula is C27H33N3O5. The maximum absolute atomic E-state index is 12.6. The number of carbonyl (C=O) groups is 2. The molecule has 35 heavy (non-hydrogen) atoms. The maximum atomic E-state index is 12.6. The van der Waals surface area contributed by atoms with Gasteiger partial charge in [-0.15, -0.1) is 0 Å². The Bertz CT molecular complexity index is 1260. The van der Waals surface area contributed by atoms with Gasteiger partial charge in [0.25, 0.3) is 0 Å². The minimum atomic E-state index is -0.591. The zero-order chi connectivity index (χ0) is 25.3. The molecule has 186 valence electrons. The lowest BCUT2D eigenvalue weighted by Crippen LogP contribution is -2.40. The minimum Gasteiger partial charge on any atom is -0.486 e. The van der Waals surface area contributed by atoms with E-state index in [4.69, 9.17) is 19.2 Å². The Morgan fingerprint density at radius 1 is 1.14 bits per heavy atom. The topological polar surface area (TPSA) is 82.9 Å². The maximum Gasteiger partial charge on any atom is 0.410 e. The first-order chi connectivity index (χ1) is 16.6. The van der Waals surface area contributed by atoms with Crippen LogP contribution in [0.15, 0.2) is 36.4 Å². The molecule has 0 fully saturated rings. The largest absolute Gasteiger partial charge is 0.486 e. The summed E-state index contributed by atoms with van der Waals surface area (Å²) in [6.45, 7) is 10.8.